The summed E-state index contributed by atoms with van der Waals surface area (Å²) in [6.07, 6.45) is -1.19. The van der Waals surface area contributed by atoms with Crippen molar-refractivity contribution < 1.29 is 26.4 Å². The Labute approximate surface area is 174 Å². The van der Waals surface area contributed by atoms with E-state index in [-0.39, 0.29) is 22.6 Å². The quantitative estimate of drug-likeness (QED) is 0.640. The van der Waals surface area contributed by atoms with E-state index >= 15 is 0 Å². The van der Waals surface area contributed by atoms with Crippen molar-refractivity contribution in [3.05, 3.63) is 87.6 Å². The fourth-order valence-corrected chi connectivity index (χ4v) is 3.51. The maximum Gasteiger partial charge on any atom is 0.416 e. The number of pyridine rings is 2. The van der Waals surface area contributed by atoms with Crippen molar-refractivity contribution >= 4 is 15.7 Å². The van der Waals surface area contributed by atoms with Gasteiger partial charge in [-0.2, -0.15) is 13.2 Å². The van der Waals surface area contributed by atoms with Gasteiger partial charge in [0.2, 0.25) is 0 Å². The Bertz CT molecular complexity index is 1310. The van der Waals surface area contributed by atoms with Crippen molar-refractivity contribution in [1.29, 1.82) is 0 Å². The van der Waals surface area contributed by atoms with Crippen LogP contribution in [0.1, 0.15) is 27.2 Å². The maximum absolute atomic E-state index is 13.0. The standard InChI is InChI=1S/C20H16F3N3O4S/c1-31(29,30)16-6-5-14(25-11-16)9-12-7-8-26(19(28)17(12)18(24)27)15-4-2-3-13(10-15)20(21,22)23/h2-8,10-11H,9H2,1H3,(H2,24,27). The minimum Gasteiger partial charge on any atom is -0.365 e. The van der Waals surface area contributed by atoms with E-state index in [0.29, 0.717) is 5.69 Å². The molecule has 3 rings (SSSR count). The predicted octanol–water partition coefficient (Wildman–Crippen LogP) is 2.34. The van der Waals surface area contributed by atoms with Gasteiger partial charge in [0.15, 0.2) is 9.84 Å². The van der Waals surface area contributed by atoms with Gasteiger partial charge < -0.3 is 5.73 Å². The molecule has 1 amide bonds. The van der Waals surface area contributed by atoms with Crippen LogP contribution in [0.4, 0.5) is 13.2 Å². The molecule has 162 valence electrons. The summed E-state index contributed by atoms with van der Waals surface area (Å²) in [4.78, 5) is 28.8. The number of amides is 1. The molecule has 0 unspecified atom stereocenters. The molecule has 1 aromatic carbocycles. The largest absolute Gasteiger partial charge is 0.416 e. The molecule has 2 aromatic heterocycles. The number of halogens is 3. The lowest BCUT2D eigenvalue weighted by molar-refractivity contribution is -0.137. The summed E-state index contributed by atoms with van der Waals surface area (Å²) in [6, 6.07) is 8.25. The van der Waals surface area contributed by atoms with Crippen molar-refractivity contribution in [3.8, 4) is 5.69 Å². The van der Waals surface area contributed by atoms with E-state index in [2.05, 4.69) is 4.98 Å². The average molecular weight is 451 g/mol. The molecule has 2 N–H and O–H groups in total. The van der Waals surface area contributed by atoms with Gasteiger partial charge in [-0.3, -0.25) is 19.1 Å². The van der Waals surface area contributed by atoms with Crippen molar-refractivity contribution in [3.63, 3.8) is 0 Å². The van der Waals surface area contributed by atoms with Gasteiger partial charge in [0.1, 0.15) is 5.56 Å². The van der Waals surface area contributed by atoms with E-state index in [4.69, 9.17) is 5.73 Å². The molecule has 0 saturated heterocycles. The van der Waals surface area contributed by atoms with Crippen LogP contribution in [0.15, 0.2) is 64.5 Å². The van der Waals surface area contributed by atoms with Crippen LogP contribution >= 0.6 is 0 Å². The van der Waals surface area contributed by atoms with Gasteiger partial charge in [-0.05, 0) is 42.0 Å². The highest BCUT2D eigenvalue weighted by Gasteiger charge is 2.30. The third-order valence-electron chi connectivity index (χ3n) is 4.47. The molecule has 0 bridgehead atoms. The van der Waals surface area contributed by atoms with E-state index in [1.165, 1.54) is 30.5 Å². The summed E-state index contributed by atoms with van der Waals surface area (Å²) in [5, 5.41) is 0. The number of carbonyl (C=O) groups excluding carboxylic acids is 1. The number of primary amides is 1. The third kappa shape index (κ3) is 4.82. The van der Waals surface area contributed by atoms with E-state index < -0.39 is 38.6 Å². The van der Waals surface area contributed by atoms with Gasteiger partial charge in [-0.15, -0.1) is 0 Å². The Kier molecular flexibility index (Phi) is 5.72. The number of benzene rings is 1. The van der Waals surface area contributed by atoms with Gasteiger partial charge in [0, 0.05) is 36.5 Å². The van der Waals surface area contributed by atoms with Crippen LogP contribution < -0.4 is 11.3 Å². The predicted molar refractivity (Wildman–Crippen MR) is 106 cm³/mol. The van der Waals surface area contributed by atoms with E-state index in [0.717, 1.165) is 35.2 Å². The number of nitrogens with two attached hydrogens (primary N) is 1. The number of hydrogen-bond donors (Lipinski definition) is 1. The topological polar surface area (TPSA) is 112 Å². The highest BCUT2D eigenvalue weighted by molar-refractivity contribution is 7.90. The second kappa shape index (κ2) is 7.99. The van der Waals surface area contributed by atoms with Gasteiger partial charge in [-0.1, -0.05) is 6.07 Å². The van der Waals surface area contributed by atoms with E-state index in [1.54, 1.807) is 0 Å². The number of aromatic nitrogens is 2. The first kappa shape index (κ1) is 22.2. The van der Waals surface area contributed by atoms with Crippen LogP contribution in [-0.4, -0.2) is 30.1 Å². The molecule has 0 atom stereocenters. The Morgan fingerprint density at radius 3 is 2.42 bits per heavy atom. The molecule has 0 aliphatic rings. The van der Waals surface area contributed by atoms with Crippen LogP contribution in [-0.2, 0) is 22.4 Å². The van der Waals surface area contributed by atoms with E-state index in [1.807, 2.05) is 0 Å². The average Bonchev–Trinajstić information content (AvgIpc) is 2.67. The molecule has 3 aromatic rings. The highest BCUT2D eigenvalue weighted by atomic mass is 32.2. The van der Waals surface area contributed by atoms with Crippen molar-refractivity contribution in [2.75, 3.05) is 6.26 Å². The van der Waals surface area contributed by atoms with Crippen molar-refractivity contribution in [1.82, 2.24) is 9.55 Å². The molecular weight excluding hydrogens is 435 g/mol. The molecule has 31 heavy (non-hydrogen) atoms. The summed E-state index contributed by atoms with van der Waals surface area (Å²) < 4.78 is 63.0. The molecule has 0 radical (unpaired) electrons. The van der Waals surface area contributed by atoms with Crippen LogP contribution in [0.5, 0.6) is 0 Å². The zero-order valence-electron chi connectivity index (χ0n) is 16.1. The first-order chi connectivity index (χ1) is 14.4. The lowest BCUT2D eigenvalue weighted by Crippen LogP contribution is -2.30. The fourth-order valence-electron chi connectivity index (χ4n) is 2.95. The Hall–Kier alpha value is -3.47. The first-order valence-corrected chi connectivity index (χ1v) is 10.6. The van der Waals surface area contributed by atoms with Gasteiger partial charge in [0.25, 0.3) is 11.5 Å². The molecular formula is C20H16F3N3O4S. The SMILES string of the molecule is CS(=O)(=O)c1ccc(Cc2ccn(-c3cccc(C(F)(F)F)c3)c(=O)c2C(N)=O)nc1. The molecule has 0 spiro atoms. The van der Waals surface area contributed by atoms with E-state index in [9.17, 15) is 31.2 Å². The van der Waals surface area contributed by atoms with Gasteiger partial charge in [-0.25, -0.2) is 8.42 Å². The van der Waals surface area contributed by atoms with Crippen molar-refractivity contribution in [2.24, 2.45) is 5.73 Å². The highest BCUT2D eigenvalue weighted by Crippen LogP contribution is 2.30. The Morgan fingerprint density at radius 1 is 1.16 bits per heavy atom. The second-order valence-corrected chi connectivity index (χ2v) is 8.75. The minimum atomic E-state index is -4.60. The van der Waals surface area contributed by atoms with Gasteiger partial charge in [0.05, 0.1) is 10.5 Å². The van der Waals surface area contributed by atoms with Gasteiger partial charge >= 0.3 is 6.18 Å². The van der Waals surface area contributed by atoms with Crippen LogP contribution in [0.2, 0.25) is 0 Å². The smallest absolute Gasteiger partial charge is 0.365 e. The molecule has 2 heterocycles. The number of hydrogen-bond acceptors (Lipinski definition) is 5. The van der Waals surface area contributed by atoms with Crippen LogP contribution in [0.3, 0.4) is 0 Å². The lowest BCUT2D eigenvalue weighted by Gasteiger charge is -2.13. The maximum atomic E-state index is 13.0. The summed E-state index contributed by atoms with van der Waals surface area (Å²) in [7, 11) is -3.44. The third-order valence-corrected chi connectivity index (χ3v) is 5.57. The number of rotatable bonds is 5. The van der Waals surface area contributed by atoms with Crippen LogP contribution in [0.25, 0.3) is 5.69 Å². The number of nitrogens with zero attached hydrogens (tertiary/aromatic N) is 2. The second-order valence-electron chi connectivity index (χ2n) is 6.74. The van der Waals surface area contributed by atoms with Crippen LogP contribution in [0, 0.1) is 0 Å². The molecule has 0 fully saturated rings. The molecule has 11 heteroatoms. The number of carbonyl (C=O) groups is 1. The summed E-state index contributed by atoms with van der Waals surface area (Å²) in [5.74, 6) is -1.05. The first-order valence-electron chi connectivity index (χ1n) is 8.75. The monoisotopic (exact) mass is 451 g/mol. The number of sulfone groups is 1. The molecule has 0 aliphatic heterocycles. The minimum absolute atomic E-state index is 0.00587. The zero-order chi connectivity index (χ0) is 23.0. The normalized spacial score (nSPS) is 12.0. The number of alkyl halides is 3. The summed E-state index contributed by atoms with van der Waals surface area (Å²) in [6.45, 7) is 0. The molecule has 0 saturated carbocycles. The summed E-state index contributed by atoms with van der Waals surface area (Å²) in [5.41, 5.74) is 3.64. The summed E-state index contributed by atoms with van der Waals surface area (Å²) >= 11 is 0. The Morgan fingerprint density at radius 2 is 1.87 bits per heavy atom. The zero-order valence-corrected chi connectivity index (χ0v) is 16.9. The van der Waals surface area contributed by atoms with Crippen molar-refractivity contribution in [2.45, 2.75) is 17.5 Å². The Balaban J connectivity index is 2.05. The molecule has 7 nitrogen and oxygen atoms in total. The fraction of sp³-hybridized carbons (Fsp3) is 0.150. The lowest BCUT2D eigenvalue weighted by atomic mass is 10.0. The molecule has 0 aliphatic carbocycles.